The highest BCUT2D eigenvalue weighted by Crippen LogP contribution is 2.26. The fourth-order valence-electron chi connectivity index (χ4n) is 1.90. The smallest absolute Gasteiger partial charge is 0.217 e. The molecule has 0 spiro atoms. The lowest BCUT2D eigenvalue weighted by Crippen LogP contribution is -2.19. The molecule has 0 aliphatic carbocycles. The third-order valence-electron chi connectivity index (χ3n) is 3.20. The lowest BCUT2D eigenvalue weighted by Gasteiger charge is -2.20. The van der Waals surface area contributed by atoms with Gasteiger partial charge in [0.1, 0.15) is 17.5 Å². The summed E-state index contributed by atoms with van der Waals surface area (Å²) < 4.78 is 0. The topological polar surface area (TPSA) is 92.9 Å². The number of carbonyl (C=O) groups is 1. The van der Waals surface area contributed by atoms with Crippen molar-refractivity contribution in [2.24, 2.45) is 5.73 Å². The van der Waals surface area contributed by atoms with E-state index in [0.29, 0.717) is 6.42 Å². The van der Waals surface area contributed by atoms with E-state index < -0.39 is 0 Å². The van der Waals surface area contributed by atoms with Gasteiger partial charge in [-0.15, -0.1) is 0 Å². The Hall–Kier alpha value is -1.85. The van der Waals surface area contributed by atoms with E-state index >= 15 is 0 Å². The molecule has 118 valence electrons. The molecule has 0 fully saturated rings. The van der Waals surface area contributed by atoms with Crippen LogP contribution in [0.3, 0.4) is 0 Å². The number of anilines is 2. The van der Waals surface area contributed by atoms with Crippen molar-refractivity contribution in [2.75, 3.05) is 24.2 Å². The Morgan fingerprint density at radius 1 is 1.19 bits per heavy atom. The number of nitrogens with zero attached hydrogens (tertiary/aromatic N) is 2. The van der Waals surface area contributed by atoms with Crippen LogP contribution in [-0.4, -0.2) is 29.5 Å². The molecular weight excluding hydrogens is 266 g/mol. The predicted molar refractivity (Wildman–Crippen MR) is 86.6 cm³/mol. The average Bonchev–Trinajstić information content (AvgIpc) is 2.38. The monoisotopic (exact) mass is 293 g/mol. The molecule has 4 N–H and O–H groups in total. The zero-order valence-corrected chi connectivity index (χ0v) is 13.7. The molecule has 1 rings (SSSR count). The summed E-state index contributed by atoms with van der Waals surface area (Å²) in [7, 11) is 1.86. The van der Waals surface area contributed by atoms with Crippen LogP contribution >= 0.6 is 0 Å². The first-order chi connectivity index (χ1) is 9.75. The highest BCUT2D eigenvalue weighted by Gasteiger charge is 2.20. The number of amides is 1. The van der Waals surface area contributed by atoms with Crippen LogP contribution in [0.2, 0.25) is 0 Å². The first kappa shape index (κ1) is 17.2. The Bertz CT molecular complexity index is 494. The van der Waals surface area contributed by atoms with Crippen molar-refractivity contribution < 1.29 is 4.79 Å². The SMILES string of the molecule is CNc1nc(C(C)(C)C)nc(NCCCCC(N)=O)c1C. The number of primary amides is 1. The highest BCUT2D eigenvalue weighted by molar-refractivity contribution is 5.73. The second-order valence-electron chi connectivity index (χ2n) is 6.22. The van der Waals surface area contributed by atoms with Gasteiger partial charge in [-0.3, -0.25) is 4.79 Å². The molecule has 0 unspecified atom stereocenters. The molecule has 1 heterocycles. The van der Waals surface area contributed by atoms with Crippen LogP contribution in [0, 0.1) is 6.92 Å². The summed E-state index contributed by atoms with van der Waals surface area (Å²) in [5.41, 5.74) is 6.02. The van der Waals surface area contributed by atoms with E-state index in [0.717, 1.165) is 42.4 Å². The average molecular weight is 293 g/mol. The van der Waals surface area contributed by atoms with Crippen molar-refractivity contribution in [3.8, 4) is 0 Å². The van der Waals surface area contributed by atoms with Gasteiger partial charge in [-0.2, -0.15) is 0 Å². The lowest BCUT2D eigenvalue weighted by molar-refractivity contribution is -0.118. The van der Waals surface area contributed by atoms with Crippen LogP contribution < -0.4 is 16.4 Å². The second kappa shape index (κ2) is 7.24. The van der Waals surface area contributed by atoms with Crippen LogP contribution in [0.4, 0.5) is 11.6 Å². The molecule has 1 aromatic rings. The van der Waals surface area contributed by atoms with E-state index in [2.05, 4.69) is 41.4 Å². The molecule has 0 aromatic carbocycles. The number of carbonyl (C=O) groups excluding carboxylic acids is 1. The first-order valence-electron chi connectivity index (χ1n) is 7.34. The van der Waals surface area contributed by atoms with Crippen LogP contribution in [-0.2, 0) is 10.2 Å². The molecular formula is C15H27N5O. The summed E-state index contributed by atoms with van der Waals surface area (Å²) in [5.74, 6) is 2.24. The fourth-order valence-corrected chi connectivity index (χ4v) is 1.90. The maximum atomic E-state index is 10.7. The Balaban J connectivity index is 2.78. The molecule has 6 nitrogen and oxygen atoms in total. The molecule has 0 aliphatic heterocycles. The maximum absolute atomic E-state index is 10.7. The second-order valence-corrected chi connectivity index (χ2v) is 6.22. The third-order valence-corrected chi connectivity index (χ3v) is 3.20. The summed E-state index contributed by atoms with van der Waals surface area (Å²) in [4.78, 5) is 19.9. The minimum absolute atomic E-state index is 0.109. The van der Waals surface area contributed by atoms with Gasteiger partial charge >= 0.3 is 0 Å². The van der Waals surface area contributed by atoms with Gasteiger partial charge < -0.3 is 16.4 Å². The van der Waals surface area contributed by atoms with Gasteiger partial charge in [-0.05, 0) is 19.8 Å². The Morgan fingerprint density at radius 3 is 2.33 bits per heavy atom. The Labute approximate surface area is 126 Å². The van der Waals surface area contributed by atoms with Gasteiger partial charge in [0.25, 0.3) is 0 Å². The lowest BCUT2D eigenvalue weighted by atomic mass is 9.95. The zero-order chi connectivity index (χ0) is 16.0. The van der Waals surface area contributed by atoms with Crippen molar-refractivity contribution in [3.63, 3.8) is 0 Å². The first-order valence-corrected chi connectivity index (χ1v) is 7.34. The molecule has 0 bridgehead atoms. The molecule has 1 aromatic heterocycles. The largest absolute Gasteiger partial charge is 0.373 e. The number of hydrogen-bond donors (Lipinski definition) is 3. The van der Waals surface area contributed by atoms with Crippen molar-refractivity contribution in [2.45, 2.75) is 52.4 Å². The number of nitrogens with one attached hydrogen (secondary N) is 2. The van der Waals surface area contributed by atoms with Gasteiger partial charge in [-0.25, -0.2) is 9.97 Å². The number of rotatable bonds is 7. The summed E-state index contributed by atoms with van der Waals surface area (Å²) in [6.07, 6.45) is 2.10. The minimum Gasteiger partial charge on any atom is -0.373 e. The zero-order valence-electron chi connectivity index (χ0n) is 13.7. The van der Waals surface area contributed by atoms with E-state index in [1.807, 2.05) is 14.0 Å². The minimum atomic E-state index is -0.249. The normalized spacial score (nSPS) is 11.3. The van der Waals surface area contributed by atoms with Gasteiger partial charge in [0.2, 0.25) is 5.91 Å². The van der Waals surface area contributed by atoms with Gasteiger partial charge in [-0.1, -0.05) is 20.8 Å². The highest BCUT2D eigenvalue weighted by atomic mass is 16.1. The van der Waals surface area contributed by atoms with E-state index in [1.54, 1.807) is 0 Å². The van der Waals surface area contributed by atoms with Crippen molar-refractivity contribution in [1.29, 1.82) is 0 Å². The maximum Gasteiger partial charge on any atom is 0.217 e. The quantitative estimate of drug-likeness (QED) is 0.670. The van der Waals surface area contributed by atoms with Crippen LogP contribution in [0.25, 0.3) is 0 Å². The molecule has 6 heteroatoms. The predicted octanol–water partition coefficient (Wildman–Crippen LogP) is 2.19. The van der Waals surface area contributed by atoms with Crippen molar-refractivity contribution in [1.82, 2.24) is 9.97 Å². The van der Waals surface area contributed by atoms with Crippen LogP contribution in [0.5, 0.6) is 0 Å². The standard InChI is InChI=1S/C15H27N5O/c1-10-12(17-5)19-14(15(2,3)4)20-13(10)18-9-7-6-8-11(16)21/h6-9H2,1-5H3,(H2,16,21)(H2,17,18,19,20). The summed E-state index contributed by atoms with van der Waals surface area (Å²) in [6.45, 7) is 9.02. The molecule has 0 saturated heterocycles. The summed E-state index contributed by atoms with van der Waals surface area (Å²) >= 11 is 0. The van der Waals surface area contributed by atoms with Crippen LogP contribution in [0.1, 0.15) is 51.4 Å². The van der Waals surface area contributed by atoms with Gasteiger partial charge in [0.05, 0.1) is 0 Å². The molecule has 1 amide bonds. The third kappa shape index (κ3) is 5.21. The fraction of sp³-hybridized carbons (Fsp3) is 0.667. The van der Waals surface area contributed by atoms with Gasteiger partial charge in [0, 0.05) is 31.0 Å². The number of nitrogens with two attached hydrogens (primary N) is 1. The van der Waals surface area contributed by atoms with E-state index in [-0.39, 0.29) is 11.3 Å². The summed E-state index contributed by atoms with van der Waals surface area (Å²) in [6, 6.07) is 0. The summed E-state index contributed by atoms with van der Waals surface area (Å²) in [5, 5.41) is 6.44. The van der Waals surface area contributed by atoms with Crippen molar-refractivity contribution in [3.05, 3.63) is 11.4 Å². The van der Waals surface area contributed by atoms with Crippen LogP contribution in [0.15, 0.2) is 0 Å². The van der Waals surface area contributed by atoms with Gasteiger partial charge in [0.15, 0.2) is 0 Å². The molecule has 0 saturated carbocycles. The molecule has 0 radical (unpaired) electrons. The van der Waals surface area contributed by atoms with Crippen molar-refractivity contribution >= 4 is 17.5 Å². The van der Waals surface area contributed by atoms with E-state index in [4.69, 9.17) is 5.73 Å². The number of unbranched alkanes of at least 4 members (excludes halogenated alkanes) is 1. The molecule has 0 atom stereocenters. The number of hydrogen-bond acceptors (Lipinski definition) is 5. The van der Waals surface area contributed by atoms with E-state index in [9.17, 15) is 4.79 Å². The number of aromatic nitrogens is 2. The molecule has 21 heavy (non-hydrogen) atoms. The van der Waals surface area contributed by atoms with E-state index in [1.165, 1.54) is 0 Å². The molecule has 0 aliphatic rings. The Morgan fingerprint density at radius 2 is 1.81 bits per heavy atom. The Kier molecular flexibility index (Phi) is 5.93.